The van der Waals surface area contributed by atoms with Crippen LogP contribution in [0.1, 0.15) is 32.4 Å². The first kappa shape index (κ1) is 15.8. The van der Waals surface area contributed by atoms with Gasteiger partial charge < -0.3 is 15.6 Å². The summed E-state index contributed by atoms with van der Waals surface area (Å²) in [4.78, 5) is 11.6. The van der Waals surface area contributed by atoms with Crippen molar-refractivity contribution in [2.45, 2.75) is 32.5 Å². The van der Waals surface area contributed by atoms with Gasteiger partial charge in [-0.25, -0.2) is 4.79 Å². The Hall–Kier alpha value is -1.30. The van der Waals surface area contributed by atoms with E-state index in [2.05, 4.69) is 5.32 Å². The fourth-order valence-corrected chi connectivity index (χ4v) is 1.73. The van der Waals surface area contributed by atoms with E-state index in [1.807, 2.05) is 0 Å². The number of rotatable bonds is 3. The third-order valence-corrected chi connectivity index (χ3v) is 2.56. The average Bonchev–Trinajstić information content (AvgIpc) is 2.25. The molecule has 0 radical (unpaired) electrons. The van der Waals surface area contributed by atoms with Gasteiger partial charge in [-0.15, -0.1) is 0 Å². The van der Waals surface area contributed by atoms with Crippen molar-refractivity contribution in [3.8, 4) is 0 Å². The van der Waals surface area contributed by atoms with Crippen molar-refractivity contribution in [1.29, 1.82) is 0 Å². The fourth-order valence-electron chi connectivity index (χ4n) is 1.42. The first-order chi connectivity index (χ1) is 8.73. The van der Waals surface area contributed by atoms with E-state index in [1.165, 1.54) is 0 Å². The molecular weight excluding hydrogens is 268 g/mol. The molecule has 1 aromatic rings. The lowest BCUT2D eigenvalue weighted by Gasteiger charge is -2.20. The number of anilines is 1. The van der Waals surface area contributed by atoms with E-state index in [-0.39, 0.29) is 6.54 Å². The van der Waals surface area contributed by atoms with Crippen molar-refractivity contribution in [2.24, 2.45) is 5.73 Å². The van der Waals surface area contributed by atoms with Crippen molar-refractivity contribution >= 4 is 23.4 Å². The van der Waals surface area contributed by atoms with Crippen LogP contribution >= 0.6 is 11.6 Å². The lowest BCUT2D eigenvalue weighted by molar-refractivity contribution is 0.0636. The molecule has 1 amide bonds. The van der Waals surface area contributed by atoms with Crippen molar-refractivity contribution in [1.82, 2.24) is 0 Å². The van der Waals surface area contributed by atoms with Gasteiger partial charge >= 0.3 is 6.09 Å². The molecule has 19 heavy (non-hydrogen) atoms. The smallest absolute Gasteiger partial charge is 0.412 e. The van der Waals surface area contributed by atoms with Crippen LogP contribution in [0.15, 0.2) is 18.2 Å². The average molecular weight is 287 g/mol. The maximum Gasteiger partial charge on any atom is 0.412 e. The maximum absolute atomic E-state index is 11.6. The standard InChI is InChI=1S/C13H19ClN2O3/c1-13(2,3)19-12(18)16-8-4-5-9(10(14)6-8)11(17)7-15/h4-6,11,17H,7,15H2,1-3H3,(H,16,18). The summed E-state index contributed by atoms with van der Waals surface area (Å²) in [5, 5.41) is 12.5. The molecule has 0 bridgehead atoms. The highest BCUT2D eigenvalue weighted by Crippen LogP contribution is 2.26. The molecule has 0 saturated carbocycles. The lowest BCUT2D eigenvalue weighted by Crippen LogP contribution is -2.27. The van der Waals surface area contributed by atoms with Gasteiger partial charge in [0.25, 0.3) is 0 Å². The van der Waals surface area contributed by atoms with Gasteiger partial charge in [0, 0.05) is 22.8 Å². The van der Waals surface area contributed by atoms with Gasteiger partial charge in [-0.1, -0.05) is 17.7 Å². The second-order valence-corrected chi connectivity index (χ2v) is 5.52. The highest BCUT2D eigenvalue weighted by molar-refractivity contribution is 6.31. The number of ether oxygens (including phenoxy) is 1. The summed E-state index contributed by atoms with van der Waals surface area (Å²) in [5.74, 6) is 0. The van der Waals surface area contributed by atoms with Crippen molar-refractivity contribution in [3.63, 3.8) is 0 Å². The SMILES string of the molecule is CC(C)(C)OC(=O)Nc1ccc(C(O)CN)c(Cl)c1. The Morgan fingerprint density at radius 3 is 2.63 bits per heavy atom. The zero-order chi connectivity index (χ0) is 14.6. The van der Waals surface area contributed by atoms with E-state index in [4.69, 9.17) is 22.1 Å². The second-order valence-electron chi connectivity index (χ2n) is 5.11. The zero-order valence-electron chi connectivity index (χ0n) is 11.2. The van der Waals surface area contributed by atoms with E-state index in [0.29, 0.717) is 16.3 Å². The molecule has 1 aromatic carbocycles. The Bertz CT molecular complexity index is 458. The van der Waals surface area contributed by atoms with E-state index in [0.717, 1.165) is 0 Å². The van der Waals surface area contributed by atoms with Crippen LogP contribution in [0, 0.1) is 0 Å². The van der Waals surface area contributed by atoms with Crippen LogP contribution in [0.25, 0.3) is 0 Å². The second kappa shape index (κ2) is 6.23. The van der Waals surface area contributed by atoms with E-state index >= 15 is 0 Å². The first-order valence-electron chi connectivity index (χ1n) is 5.90. The minimum atomic E-state index is -0.817. The summed E-state index contributed by atoms with van der Waals surface area (Å²) >= 11 is 6.01. The van der Waals surface area contributed by atoms with Gasteiger partial charge in [0.2, 0.25) is 0 Å². The number of benzene rings is 1. The van der Waals surface area contributed by atoms with Crippen LogP contribution in [0.2, 0.25) is 5.02 Å². The van der Waals surface area contributed by atoms with Crippen LogP contribution in [-0.2, 0) is 4.74 Å². The lowest BCUT2D eigenvalue weighted by atomic mass is 10.1. The molecular formula is C13H19ClN2O3. The van der Waals surface area contributed by atoms with Gasteiger partial charge in [0.05, 0.1) is 6.10 Å². The summed E-state index contributed by atoms with van der Waals surface area (Å²) in [6, 6.07) is 4.79. The third kappa shape index (κ3) is 5.06. The topological polar surface area (TPSA) is 84.6 Å². The number of halogens is 1. The van der Waals surface area contributed by atoms with Crippen LogP contribution in [0.5, 0.6) is 0 Å². The molecule has 5 nitrogen and oxygen atoms in total. The number of hydrogen-bond acceptors (Lipinski definition) is 4. The number of aliphatic hydroxyl groups is 1. The third-order valence-electron chi connectivity index (χ3n) is 2.23. The normalized spacial score (nSPS) is 12.9. The molecule has 0 aromatic heterocycles. The Balaban J connectivity index is 2.76. The Kier molecular flexibility index (Phi) is 5.17. The van der Waals surface area contributed by atoms with Gasteiger partial charge in [-0.3, -0.25) is 5.32 Å². The molecule has 1 unspecified atom stereocenters. The summed E-state index contributed by atoms with van der Waals surface area (Å²) in [7, 11) is 0. The predicted molar refractivity (Wildman–Crippen MR) is 75.3 cm³/mol. The summed E-state index contributed by atoms with van der Waals surface area (Å²) < 4.78 is 5.12. The van der Waals surface area contributed by atoms with Crippen molar-refractivity contribution in [3.05, 3.63) is 28.8 Å². The molecule has 1 rings (SSSR count). The van der Waals surface area contributed by atoms with Crippen molar-refractivity contribution < 1.29 is 14.6 Å². The molecule has 0 saturated heterocycles. The summed E-state index contributed by atoms with van der Waals surface area (Å²) in [6.07, 6.45) is -1.38. The summed E-state index contributed by atoms with van der Waals surface area (Å²) in [5.41, 5.74) is 5.82. The number of nitrogens with two attached hydrogens (primary N) is 1. The Morgan fingerprint density at radius 1 is 1.53 bits per heavy atom. The van der Waals surface area contributed by atoms with Gasteiger partial charge in [-0.2, -0.15) is 0 Å². The number of amides is 1. The van der Waals surface area contributed by atoms with Crippen LogP contribution in [-0.4, -0.2) is 23.3 Å². The molecule has 4 N–H and O–H groups in total. The maximum atomic E-state index is 11.6. The van der Waals surface area contributed by atoms with E-state index in [9.17, 15) is 9.90 Å². The van der Waals surface area contributed by atoms with Gasteiger partial charge in [0.15, 0.2) is 0 Å². The first-order valence-corrected chi connectivity index (χ1v) is 6.28. The molecule has 6 heteroatoms. The van der Waals surface area contributed by atoms with Crippen LogP contribution in [0.3, 0.4) is 0 Å². The number of carbonyl (C=O) groups excluding carboxylic acids is 1. The number of nitrogens with one attached hydrogen (secondary N) is 1. The number of carbonyl (C=O) groups is 1. The fraction of sp³-hybridized carbons (Fsp3) is 0.462. The summed E-state index contributed by atoms with van der Waals surface area (Å²) in [6.45, 7) is 5.42. The number of aliphatic hydroxyl groups excluding tert-OH is 1. The monoisotopic (exact) mass is 286 g/mol. The highest BCUT2D eigenvalue weighted by atomic mass is 35.5. The quantitative estimate of drug-likeness (QED) is 0.797. The largest absolute Gasteiger partial charge is 0.444 e. The van der Waals surface area contributed by atoms with E-state index < -0.39 is 17.8 Å². The predicted octanol–water partition coefficient (Wildman–Crippen LogP) is 2.68. The molecule has 0 aliphatic rings. The Morgan fingerprint density at radius 2 is 2.16 bits per heavy atom. The minimum Gasteiger partial charge on any atom is -0.444 e. The Labute approximate surface area is 117 Å². The van der Waals surface area contributed by atoms with Gasteiger partial charge in [-0.05, 0) is 32.9 Å². The molecule has 0 aliphatic heterocycles. The van der Waals surface area contributed by atoms with Crippen LogP contribution < -0.4 is 11.1 Å². The molecule has 106 valence electrons. The zero-order valence-corrected chi connectivity index (χ0v) is 12.0. The van der Waals surface area contributed by atoms with Gasteiger partial charge in [0.1, 0.15) is 5.60 Å². The van der Waals surface area contributed by atoms with E-state index in [1.54, 1.807) is 39.0 Å². The molecule has 0 heterocycles. The minimum absolute atomic E-state index is 0.0819. The molecule has 0 fully saturated rings. The number of hydrogen-bond donors (Lipinski definition) is 3. The molecule has 1 atom stereocenters. The highest BCUT2D eigenvalue weighted by Gasteiger charge is 2.17. The molecule has 0 spiro atoms. The van der Waals surface area contributed by atoms with Crippen molar-refractivity contribution in [2.75, 3.05) is 11.9 Å². The molecule has 0 aliphatic carbocycles. The van der Waals surface area contributed by atoms with Crippen LogP contribution in [0.4, 0.5) is 10.5 Å².